The molecule has 1 aromatic heterocycles. The van der Waals surface area contributed by atoms with Gasteiger partial charge in [0.1, 0.15) is 23.9 Å². The average Bonchev–Trinajstić information content (AvgIpc) is 3.04. The maximum Gasteiger partial charge on any atom is 0.271 e. The van der Waals surface area contributed by atoms with Crippen molar-refractivity contribution in [3.63, 3.8) is 0 Å². The molecule has 0 aliphatic carbocycles. The fourth-order valence-corrected chi connectivity index (χ4v) is 2.85. The van der Waals surface area contributed by atoms with Crippen LogP contribution < -0.4 is 14.8 Å². The molecule has 156 valence electrons. The van der Waals surface area contributed by atoms with E-state index in [4.69, 9.17) is 14.0 Å². The Bertz CT molecular complexity index is 1040. The van der Waals surface area contributed by atoms with Crippen LogP contribution in [0, 0.1) is 24.0 Å². The van der Waals surface area contributed by atoms with E-state index in [2.05, 4.69) is 10.5 Å². The lowest BCUT2D eigenvalue weighted by Crippen LogP contribution is -2.15. The van der Waals surface area contributed by atoms with E-state index in [0.29, 0.717) is 18.1 Å². The summed E-state index contributed by atoms with van der Waals surface area (Å²) >= 11 is 0. The zero-order valence-electron chi connectivity index (χ0n) is 16.8. The van der Waals surface area contributed by atoms with Gasteiger partial charge in [-0.3, -0.25) is 14.9 Å². The number of anilines is 1. The van der Waals surface area contributed by atoms with Crippen molar-refractivity contribution in [1.82, 2.24) is 5.16 Å². The van der Waals surface area contributed by atoms with Crippen molar-refractivity contribution in [1.29, 1.82) is 0 Å². The Morgan fingerprint density at radius 3 is 2.53 bits per heavy atom. The number of aromatic nitrogens is 1. The number of amides is 1. The van der Waals surface area contributed by atoms with Gasteiger partial charge in [-0.05, 0) is 37.6 Å². The van der Waals surface area contributed by atoms with Crippen LogP contribution in [0.2, 0.25) is 0 Å². The summed E-state index contributed by atoms with van der Waals surface area (Å²) in [7, 11) is 1.43. The number of nitro groups is 1. The Morgan fingerprint density at radius 2 is 1.93 bits per heavy atom. The van der Waals surface area contributed by atoms with E-state index in [1.165, 1.54) is 25.3 Å². The van der Waals surface area contributed by atoms with Crippen LogP contribution in [0.1, 0.15) is 22.6 Å². The van der Waals surface area contributed by atoms with Crippen LogP contribution >= 0.6 is 0 Å². The van der Waals surface area contributed by atoms with Gasteiger partial charge in [-0.15, -0.1) is 0 Å². The van der Waals surface area contributed by atoms with Gasteiger partial charge in [-0.1, -0.05) is 17.3 Å². The number of rotatable bonds is 8. The lowest BCUT2D eigenvalue weighted by molar-refractivity contribution is -0.384. The molecule has 1 N–H and O–H groups in total. The molecule has 3 rings (SSSR count). The average molecular weight is 411 g/mol. The highest BCUT2D eigenvalue weighted by molar-refractivity contribution is 5.94. The molecule has 30 heavy (non-hydrogen) atoms. The lowest BCUT2D eigenvalue weighted by Gasteiger charge is -2.10. The molecule has 9 nitrogen and oxygen atoms in total. The van der Waals surface area contributed by atoms with Crippen molar-refractivity contribution in [3.8, 4) is 11.5 Å². The van der Waals surface area contributed by atoms with Crippen molar-refractivity contribution in [2.45, 2.75) is 26.9 Å². The molecule has 3 aromatic rings. The number of aryl methyl sites for hydroxylation is 2. The number of hydrogen-bond donors (Lipinski definition) is 1. The summed E-state index contributed by atoms with van der Waals surface area (Å²) in [6.45, 7) is 4.03. The summed E-state index contributed by atoms with van der Waals surface area (Å²) in [5.41, 5.74) is 2.57. The van der Waals surface area contributed by atoms with Crippen LogP contribution in [0.15, 0.2) is 47.0 Å². The minimum absolute atomic E-state index is 0.0932. The monoisotopic (exact) mass is 411 g/mol. The van der Waals surface area contributed by atoms with Gasteiger partial charge in [0.2, 0.25) is 5.91 Å². The third-order valence-corrected chi connectivity index (χ3v) is 4.52. The molecule has 0 radical (unpaired) electrons. The number of carbonyl (C=O) groups is 1. The number of nitrogens with zero attached hydrogens (tertiary/aromatic N) is 2. The Kier molecular flexibility index (Phi) is 6.31. The first-order chi connectivity index (χ1) is 14.4. The third kappa shape index (κ3) is 4.93. The van der Waals surface area contributed by atoms with Gasteiger partial charge in [0, 0.05) is 12.1 Å². The number of nitrogens with one attached hydrogen (secondary N) is 1. The van der Waals surface area contributed by atoms with Crippen LogP contribution in [0.25, 0.3) is 0 Å². The maximum atomic E-state index is 12.4. The highest BCUT2D eigenvalue weighted by Gasteiger charge is 2.14. The van der Waals surface area contributed by atoms with Crippen molar-refractivity contribution >= 4 is 17.3 Å². The van der Waals surface area contributed by atoms with E-state index in [9.17, 15) is 14.9 Å². The maximum absolute atomic E-state index is 12.4. The van der Waals surface area contributed by atoms with Crippen LogP contribution in [0.3, 0.4) is 0 Å². The molecule has 9 heteroatoms. The number of hydrogen-bond acceptors (Lipinski definition) is 7. The van der Waals surface area contributed by atoms with Crippen molar-refractivity contribution in [2.75, 3.05) is 12.4 Å². The molecule has 0 saturated heterocycles. The van der Waals surface area contributed by atoms with E-state index < -0.39 is 4.92 Å². The molecular weight excluding hydrogens is 390 g/mol. The molecule has 0 saturated carbocycles. The number of non-ortho nitro benzene ring substituents is 1. The standard InChI is InChI=1S/C21H21N3O6/c1-13-18(14(2)30-23-13)12-29-17-7-4-15(5-8-17)10-21(25)22-19-11-16(24(26)27)6-9-20(19)28-3/h4-9,11H,10,12H2,1-3H3,(H,22,25). The second kappa shape index (κ2) is 9.08. The Hall–Kier alpha value is -3.88. The van der Waals surface area contributed by atoms with E-state index in [-0.39, 0.29) is 23.7 Å². The summed E-state index contributed by atoms with van der Waals surface area (Å²) in [5.74, 6) is 1.40. The fraction of sp³-hybridized carbons (Fsp3) is 0.238. The van der Waals surface area contributed by atoms with Crippen molar-refractivity contribution in [3.05, 3.63) is 75.2 Å². The van der Waals surface area contributed by atoms with Crippen molar-refractivity contribution in [2.24, 2.45) is 0 Å². The summed E-state index contributed by atoms with van der Waals surface area (Å²) in [5, 5.41) is 17.5. The zero-order valence-corrected chi connectivity index (χ0v) is 16.8. The van der Waals surface area contributed by atoms with E-state index in [1.807, 2.05) is 13.8 Å². The second-order valence-corrected chi connectivity index (χ2v) is 6.60. The first-order valence-corrected chi connectivity index (χ1v) is 9.13. The fourth-order valence-electron chi connectivity index (χ4n) is 2.85. The largest absolute Gasteiger partial charge is 0.495 e. The zero-order chi connectivity index (χ0) is 21.7. The topological polar surface area (TPSA) is 117 Å². The Morgan fingerprint density at radius 1 is 1.20 bits per heavy atom. The second-order valence-electron chi connectivity index (χ2n) is 6.60. The molecule has 2 aromatic carbocycles. The van der Waals surface area contributed by atoms with E-state index in [0.717, 1.165) is 22.6 Å². The Balaban J connectivity index is 1.61. The first kappa shape index (κ1) is 20.8. The van der Waals surface area contributed by atoms with Gasteiger partial charge in [0.05, 0.1) is 35.4 Å². The van der Waals surface area contributed by atoms with Crippen LogP contribution in [-0.2, 0) is 17.8 Å². The SMILES string of the molecule is COc1ccc([N+](=O)[O-])cc1NC(=O)Cc1ccc(OCc2c(C)noc2C)cc1. The minimum Gasteiger partial charge on any atom is -0.495 e. The molecule has 0 fully saturated rings. The number of nitro benzene ring substituents is 1. The summed E-state index contributed by atoms with van der Waals surface area (Å²) in [6.07, 6.45) is 0.0932. The number of benzene rings is 2. The molecule has 0 spiro atoms. The molecule has 0 atom stereocenters. The van der Waals surface area contributed by atoms with Gasteiger partial charge in [-0.2, -0.15) is 0 Å². The molecule has 0 aliphatic heterocycles. The lowest BCUT2D eigenvalue weighted by atomic mass is 10.1. The Labute approximate surface area is 172 Å². The third-order valence-electron chi connectivity index (χ3n) is 4.52. The summed E-state index contributed by atoms with van der Waals surface area (Å²) < 4.78 is 16.0. The van der Waals surface area contributed by atoms with Crippen molar-refractivity contribution < 1.29 is 23.7 Å². The first-order valence-electron chi connectivity index (χ1n) is 9.13. The highest BCUT2D eigenvalue weighted by atomic mass is 16.6. The highest BCUT2D eigenvalue weighted by Crippen LogP contribution is 2.29. The molecular formula is C21H21N3O6. The summed E-state index contributed by atoms with van der Waals surface area (Å²) in [6, 6.07) is 11.1. The van der Waals surface area contributed by atoms with Crippen LogP contribution in [0.4, 0.5) is 11.4 Å². The quantitative estimate of drug-likeness (QED) is 0.440. The normalized spacial score (nSPS) is 10.5. The number of methoxy groups -OCH3 is 1. The minimum atomic E-state index is -0.531. The van der Waals surface area contributed by atoms with E-state index in [1.54, 1.807) is 24.3 Å². The smallest absolute Gasteiger partial charge is 0.271 e. The van der Waals surface area contributed by atoms with Gasteiger partial charge in [0.15, 0.2) is 0 Å². The summed E-state index contributed by atoms with van der Waals surface area (Å²) in [4.78, 5) is 22.8. The molecule has 0 bridgehead atoms. The molecule has 1 amide bonds. The molecule has 1 heterocycles. The van der Waals surface area contributed by atoms with Crippen LogP contribution in [0.5, 0.6) is 11.5 Å². The van der Waals surface area contributed by atoms with Gasteiger partial charge in [-0.25, -0.2) is 0 Å². The molecule has 0 aliphatic rings. The van der Waals surface area contributed by atoms with Crippen LogP contribution in [-0.4, -0.2) is 23.1 Å². The predicted molar refractivity (Wildman–Crippen MR) is 109 cm³/mol. The predicted octanol–water partition coefficient (Wildman–Crippen LogP) is 3.97. The van der Waals surface area contributed by atoms with Gasteiger partial charge >= 0.3 is 0 Å². The van der Waals surface area contributed by atoms with Gasteiger partial charge in [0.25, 0.3) is 5.69 Å². The van der Waals surface area contributed by atoms with E-state index >= 15 is 0 Å². The number of ether oxygens (including phenoxy) is 2. The number of carbonyl (C=O) groups excluding carboxylic acids is 1. The molecule has 0 unspecified atom stereocenters. The van der Waals surface area contributed by atoms with Gasteiger partial charge < -0.3 is 19.3 Å².